The lowest BCUT2D eigenvalue weighted by atomic mass is 9.80. The highest BCUT2D eigenvalue weighted by atomic mass is 16.3. The number of hydrogen-bond acceptors (Lipinski definition) is 2. The molecule has 9 aromatic carbocycles. The average molecular weight is 812 g/mol. The summed E-state index contributed by atoms with van der Waals surface area (Å²) in [5, 5.41) is 4.97. The lowest BCUT2D eigenvalue weighted by molar-refractivity contribution is 0.445. The summed E-state index contributed by atoms with van der Waals surface area (Å²) >= 11 is 0. The van der Waals surface area contributed by atoms with E-state index in [1.807, 2.05) is 6.07 Å². The second-order valence-corrected chi connectivity index (χ2v) is 18.2. The first-order valence-corrected chi connectivity index (χ1v) is 22.8. The van der Waals surface area contributed by atoms with E-state index in [9.17, 15) is 0 Å². The van der Waals surface area contributed by atoms with Crippen LogP contribution in [0.1, 0.15) is 68.6 Å². The molecule has 1 aromatic heterocycles. The third kappa shape index (κ3) is 6.07. The molecule has 12 rings (SSSR count). The van der Waals surface area contributed by atoms with Crippen LogP contribution in [0, 0.1) is 0 Å². The van der Waals surface area contributed by atoms with Gasteiger partial charge in [0.25, 0.3) is 0 Å². The molecular weight excluding hydrogens is 763 g/mol. The highest BCUT2D eigenvalue weighted by Gasteiger charge is 2.37. The van der Waals surface area contributed by atoms with Crippen molar-refractivity contribution in [1.29, 1.82) is 0 Å². The SMILES string of the molecule is CC1(C)c2ccccc2-c2c(-c3ccccc3N(c3cccc(-c4cccc5oc6ccccc6c45)c3)c3ccccc3-c3cccc4cccc(C5CCCCC5)c34)cccc21. The van der Waals surface area contributed by atoms with Gasteiger partial charge in [-0.2, -0.15) is 0 Å². The van der Waals surface area contributed by atoms with Gasteiger partial charge in [-0.25, -0.2) is 0 Å². The Hall–Kier alpha value is -7.16. The van der Waals surface area contributed by atoms with E-state index in [1.54, 1.807) is 0 Å². The first-order chi connectivity index (χ1) is 31.0. The number of hydrogen-bond donors (Lipinski definition) is 0. The van der Waals surface area contributed by atoms with Crippen molar-refractivity contribution in [1.82, 2.24) is 0 Å². The Labute approximate surface area is 370 Å². The molecule has 1 fully saturated rings. The molecule has 2 aliphatic carbocycles. The lowest BCUT2D eigenvalue weighted by Crippen LogP contribution is -2.15. The Morgan fingerprint density at radius 2 is 1.05 bits per heavy atom. The molecule has 1 heterocycles. The van der Waals surface area contributed by atoms with Gasteiger partial charge in [0.2, 0.25) is 0 Å². The van der Waals surface area contributed by atoms with Gasteiger partial charge in [-0.1, -0.05) is 191 Å². The minimum absolute atomic E-state index is 0.111. The molecular formula is C61H49NO. The van der Waals surface area contributed by atoms with Crippen LogP contribution < -0.4 is 4.90 Å². The van der Waals surface area contributed by atoms with Gasteiger partial charge in [-0.15, -0.1) is 0 Å². The molecule has 2 nitrogen and oxygen atoms in total. The molecule has 0 aliphatic heterocycles. The Balaban J connectivity index is 1.12. The Morgan fingerprint density at radius 1 is 0.460 bits per heavy atom. The van der Waals surface area contributed by atoms with E-state index in [0.29, 0.717) is 5.92 Å². The summed E-state index contributed by atoms with van der Waals surface area (Å²) in [5.41, 5.74) is 19.2. The minimum Gasteiger partial charge on any atom is -0.456 e. The summed E-state index contributed by atoms with van der Waals surface area (Å²) in [7, 11) is 0. The molecule has 1 saturated carbocycles. The largest absolute Gasteiger partial charge is 0.456 e. The van der Waals surface area contributed by atoms with Gasteiger partial charge >= 0.3 is 0 Å². The van der Waals surface area contributed by atoms with Crippen molar-refractivity contribution in [3.05, 3.63) is 211 Å². The summed E-state index contributed by atoms with van der Waals surface area (Å²) in [4.78, 5) is 2.54. The van der Waals surface area contributed by atoms with Crippen LogP contribution in [0.5, 0.6) is 0 Å². The first kappa shape index (κ1) is 37.6. The second-order valence-electron chi connectivity index (χ2n) is 18.2. The van der Waals surface area contributed by atoms with Crippen LogP contribution in [0.4, 0.5) is 17.1 Å². The van der Waals surface area contributed by atoms with Crippen LogP contribution in [0.25, 0.3) is 77.2 Å². The predicted molar refractivity (Wildman–Crippen MR) is 266 cm³/mol. The van der Waals surface area contributed by atoms with Crippen LogP contribution in [-0.2, 0) is 5.41 Å². The summed E-state index contributed by atoms with van der Waals surface area (Å²) < 4.78 is 6.41. The van der Waals surface area contributed by atoms with Gasteiger partial charge in [0.05, 0.1) is 11.4 Å². The zero-order valence-electron chi connectivity index (χ0n) is 35.9. The summed E-state index contributed by atoms with van der Waals surface area (Å²) in [6, 6.07) is 72.0. The van der Waals surface area contributed by atoms with Gasteiger partial charge in [0.1, 0.15) is 11.2 Å². The summed E-state index contributed by atoms with van der Waals surface area (Å²) in [5.74, 6) is 0.568. The molecule has 0 amide bonds. The highest BCUT2D eigenvalue weighted by Crippen LogP contribution is 2.55. The monoisotopic (exact) mass is 811 g/mol. The maximum atomic E-state index is 6.41. The molecule has 63 heavy (non-hydrogen) atoms. The fraction of sp³-hybridized carbons (Fsp3) is 0.148. The number of anilines is 3. The number of para-hydroxylation sites is 3. The van der Waals surface area contributed by atoms with Crippen molar-refractivity contribution in [2.75, 3.05) is 4.90 Å². The maximum absolute atomic E-state index is 6.41. The minimum atomic E-state index is -0.111. The average Bonchev–Trinajstić information content (AvgIpc) is 3.84. The third-order valence-corrected chi connectivity index (χ3v) is 14.3. The van der Waals surface area contributed by atoms with E-state index in [0.717, 1.165) is 50.1 Å². The Kier molecular flexibility index (Phi) is 8.97. The molecule has 0 saturated heterocycles. The highest BCUT2D eigenvalue weighted by molar-refractivity contribution is 6.13. The summed E-state index contributed by atoms with van der Waals surface area (Å²) in [6.45, 7) is 4.74. The Bertz CT molecular complexity index is 3370. The number of fused-ring (bicyclic) bond motifs is 7. The van der Waals surface area contributed by atoms with Gasteiger partial charge in [-0.05, 0) is 116 Å². The fourth-order valence-corrected chi connectivity index (χ4v) is 11.4. The molecule has 0 bridgehead atoms. The van der Waals surface area contributed by atoms with E-state index in [4.69, 9.17) is 4.42 Å². The van der Waals surface area contributed by atoms with Gasteiger partial charge in [-0.3, -0.25) is 0 Å². The zero-order chi connectivity index (χ0) is 42.1. The van der Waals surface area contributed by atoms with Crippen molar-refractivity contribution in [2.45, 2.75) is 57.3 Å². The Morgan fingerprint density at radius 3 is 1.87 bits per heavy atom. The molecule has 0 radical (unpaired) electrons. The van der Waals surface area contributed by atoms with Crippen LogP contribution >= 0.6 is 0 Å². The van der Waals surface area contributed by atoms with Crippen LogP contribution in [-0.4, -0.2) is 0 Å². The lowest BCUT2D eigenvalue weighted by Gasteiger charge is -2.31. The zero-order valence-corrected chi connectivity index (χ0v) is 35.9. The number of furan rings is 1. The predicted octanol–water partition coefficient (Wildman–Crippen LogP) is 17.6. The number of nitrogens with zero attached hydrogens (tertiary/aromatic N) is 1. The maximum Gasteiger partial charge on any atom is 0.136 e. The number of rotatable bonds is 7. The quantitative estimate of drug-likeness (QED) is 0.159. The second kappa shape index (κ2) is 15.0. The first-order valence-electron chi connectivity index (χ1n) is 22.8. The van der Waals surface area contributed by atoms with Crippen molar-refractivity contribution < 1.29 is 4.42 Å². The topological polar surface area (TPSA) is 16.4 Å². The van der Waals surface area contributed by atoms with Crippen LogP contribution in [0.2, 0.25) is 0 Å². The molecule has 2 aliphatic rings. The van der Waals surface area contributed by atoms with Crippen molar-refractivity contribution in [3.8, 4) is 44.5 Å². The van der Waals surface area contributed by atoms with E-state index >= 15 is 0 Å². The molecule has 10 aromatic rings. The van der Waals surface area contributed by atoms with Gasteiger partial charge < -0.3 is 9.32 Å². The molecule has 304 valence electrons. The molecule has 2 heteroatoms. The van der Waals surface area contributed by atoms with E-state index < -0.39 is 0 Å². The summed E-state index contributed by atoms with van der Waals surface area (Å²) in [6.07, 6.45) is 6.44. The van der Waals surface area contributed by atoms with Gasteiger partial charge in [0, 0.05) is 33.0 Å². The molecule has 0 N–H and O–H groups in total. The van der Waals surface area contributed by atoms with Crippen molar-refractivity contribution in [2.24, 2.45) is 0 Å². The van der Waals surface area contributed by atoms with E-state index in [1.165, 1.54) is 92.9 Å². The van der Waals surface area contributed by atoms with Crippen LogP contribution in [0.3, 0.4) is 0 Å². The van der Waals surface area contributed by atoms with Crippen LogP contribution in [0.15, 0.2) is 199 Å². The standard InChI is InChI=1S/C61H49NO/c1-61(2)52-33-10-6-27-50(52)59-49(32-17-34-53(59)61)47-26-8-12-36-55(47)62(43-24-14-23-42(39-43)45-30-18-38-57-60(45)51-28-9-13-37-56(51)63-57)54-35-11-7-25-46(54)48-31-16-22-41-21-15-29-44(58(41)48)40-19-4-3-5-20-40/h6-18,21-40H,3-5,19-20H2,1-2H3. The molecule has 0 unspecified atom stereocenters. The molecule has 0 atom stereocenters. The van der Waals surface area contributed by atoms with E-state index in [2.05, 4.69) is 207 Å². The fourth-order valence-electron chi connectivity index (χ4n) is 11.4. The van der Waals surface area contributed by atoms with E-state index in [-0.39, 0.29) is 5.41 Å². The van der Waals surface area contributed by atoms with Crippen molar-refractivity contribution in [3.63, 3.8) is 0 Å². The third-order valence-electron chi connectivity index (χ3n) is 14.3. The van der Waals surface area contributed by atoms with Crippen molar-refractivity contribution >= 4 is 49.8 Å². The van der Waals surface area contributed by atoms with Gasteiger partial charge in [0.15, 0.2) is 0 Å². The number of benzene rings is 9. The molecule has 0 spiro atoms. The smallest absolute Gasteiger partial charge is 0.136 e. The normalized spacial score (nSPS) is 14.6.